The number of hydrogen-bond acceptors (Lipinski definition) is 5. The number of carbonyl (C=O) groups is 2. The van der Waals surface area contributed by atoms with Crippen LogP contribution in [0.5, 0.6) is 5.75 Å². The van der Waals surface area contributed by atoms with Gasteiger partial charge in [-0.2, -0.15) is 0 Å². The fourth-order valence-electron chi connectivity index (χ4n) is 3.27. The largest absolute Gasteiger partial charge is 0.497 e. The second kappa shape index (κ2) is 9.17. The van der Waals surface area contributed by atoms with Gasteiger partial charge in [-0.15, -0.1) is 0 Å². The Morgan fingerprint density at radius 3 is 2.03 bits per heavy atom. The van der Waals surface area contributed by atoms with E-state index in [1.54, 1.807) is 41.2 Å². The fraction of sp³-hybridized carbons (Fsp3) is 0.333. The Morgan fingerprint density at radius 1 is 0.933 bits per heavy atom. The Hall–Kier alpha value is -3.07. The third kappa shape index (κ3) is 5.73. The highest BCUT2D eigenvalue weighted by Crippen LogP contribution is 2.16. The van der Waals surface area contributed by atoms with Crippen molar-refractivity contribution in [1.82, 2.24) is 9.80 Å². The molecule has 0 atom stereocenters. The minimum Gasteiger partial charge on any atom is -0.497 e. The molecule has 1 aliphatic rings. The van der Waals surface area contributed by atoms with Crippen LogP contribution in [0.15, 0.2) is 48.5 Å². The van der Waals surface area contributed by atoms with Gasteiger partial charge in [-0.1, -0.05) is 12.1 Å². The first kappa shape index (κ1) is 21.6. The molecule has 1 saturated heterocycles. The number of nitrogens with one attached hydrogen (secondary N) is 1. The Kier molecular flexibility index (Phi) is 6.61. The van der Waals surface area contributed by atoms with E-state index in [1.165, 1.54) is 0 Å². The number of hydrogen-bond donors (Lipinski definition) is 1. The highest BCUT2D eigenvalue weighted by atomic mass is 32.2. The van der Waals surface area contributed by atoms with Crippen LogP contribution in [0.3, 0.4) is 0 Å². The van der Waals surface area contributed by atoms with E-state index in [0.717, 1.165) is 17.6 Å². The first-order valence-electron chi connectivity index (χ1n) is 9.53. The maximum absolute atomic E-state index is 12.7. The second-order valence-electron chi connectivity index (χ2n) is 7.15. The molecule has 0 aliphatic carbocycles. The monoisotopic (exact) mass is 431 g/mol. The summed E-state index contributed by atoms with van der Waals surface area (Å²) in [7, 11) is -1.76. The lowest BCUT2D eigenvalue weighted by Crippen LogP contribution is -2.51. The van der Waals surface area contributed by atoms with Gasteiger partial charge in [0.15, 0.2) is 0 Å². The lowest BCUT2D eigenvalue weighted by molar-refractivity contribution is -0.131. The van der Waals surface area contributed by atoms with E-state index >= 15 is 0 Å². The van der Waals surface area contributed by atoms with E-state index in [9.17, 15) is 18.0 Å². The molecule has 1 fully saturated rings. The first-order chi connectivity index (χ1) is 14.2. The Labute approximate surface area is 176 Å². The predicted molar refractivity (Wildman–Crippen MR) is 114 cm³/mol. The van der Waals surface area contributed by atoms with Crippen molar-refractivity contribution in [2.75, 3.05) is 44.3 Å². The zero-order chi connectivity index (χ0) is 21.7. The second-order valence-corrected chi connectivity index (χ2v) is 8.90. The number of carbonyl (C=O) groups excluding carboxylic acids is 2. The predicted octanol–water partition coefficient (Wildman–Crippen LogP) is 1.59. The van der Waals surface area contributed by atoms with Crippen molar-refractivity contribution >= 4 is 27.5 Å². The molecule has 0 spiro atoms. The van der Waals surface area contributed by atoms with E-state index < -0.39 is 10.0 Å². The summed E-state index contributed by atoms with van der Waals surface area (Å²) in [6, 6.07) is 13.7. The van der Waals surface area contributed by atoms with Crippen LogP contribution in [0.4, 0.5) is 5.69 Å². The first-order valence-corrected chi connectivity index (χ1v) is 11.4. The molecule has 3 rings (SSSR count). The zero-order valence-electron chi connectivity index (χ0n) is 17.0. The number of methoxy groups -OCH3 is 1. The van der Waals surface area contributed by atoms with E-state index in [0.29, 0.717) is 43.9 Å². The molecule has 0 saturated carbocycles. The van der Waals surface area contributed by atoms with Gasteiger partial charge in [0.25, 0.3) is 5.91 Å². The molecule has 0 unspecified atom stereocenters. The van der Waals surface area contributed by atoms with E-state index in [1.807, 2.05) is 24.3 Å². The maximum atomic E-state index is 12.7. The van der Waals surface area contributed by atoms with Crippen LogP contribution in [0, 0.1) is 0 Å². The molecular formula is C21H25N3O5S. The SMILES string of the molecule is COc1ccc(CC(=O)N2CCN(C(=O)c3ccc(NS(C)(=O)=O)cc3)CC2)cc1. The van der Waals surface area contributed by atoms with Crippen LogP contribution in [-0.4, -0.2) is 69.6 Å². The van der Waals surface area contributed by atoms with Crippen LogP contribution in [0.1, 0.15) is 15.9 Å². The van der Waals surface area contributed by atoms with Gasteiger partial charge in [-0.05, 0) is 42.0 Å². The Bertz CT molecular complexity index is 996. The van der Waals surface area contributed by atoms with Crippen LogP contribution in [-0.2, 0) is 21.2 Å². The molecule has 2 aromatic rings. The minimum absolute atomic E-state index is 0.0310. The zero-order valence-corrected chi connectivity index (χ0v) is 17.8. The van der Waals surface area contributed by atoms with E-state index in [-0.39, 0.29) is 11.8 Å². The average molecular weight is 432 g/mol. The topological polar surface area (TPSA) is 96.0 Å². The van der Waals surface area contributed by atoms with Crippen molar-refractivity contribution < 1.29 is 22.7 Å². The molecule has 1 aliphatic heterocycles. The number of amides is 2. The molecule has 2 amide bonds. The van der Waals surface area contributed by atoms with Gasteiger partial charge in [-0.3, -0.25) is 14.3 Å². The Balaban J connectivity index is 1.52. The highest BCUT2D eigenvalue weighted by molar-refractivity contribution is 7.92. The number of benzene rings is 2. The third-order valence-corrected chi connectivity index (χ3v) is 5.48. The number of piperazine rings is 1. The maximum Gasteiger partial charge on any atom is 0.253 e. The van der Waals surface area contributed by atoms with Crippen molar-refractivity contribution in [3.05, 3.63) is 59.7 Å². The van der Waals surface area contributed by atoms with Gasteiger partial charge < -0.3 is 14.5 Å². The number of nitrogens with zero attached hydrogens (tertiary/aromatic N) is 2. The van der Waals surface area contributed by atoms with Crippen molar-refractivity contribution in [1.29, 1.82) is 0 Å². The third-order valence-electron chi connectivity index (χ3n) is 4.87. The summed E-state index contributed by atoms with van der Waals surface area (Å²) in [5.41, 5.74) is 1.80. The van der Waals surface area contributed by atoms with Crippen LogP contribution in [0.2, 0.25) is 0 Å². The Morgan fingerprint density at radius 2 is 1.50 bits per heavy atom. The number of anilines is 1. The molecule has 30 heavy (non-hydrogen) atoms. The normalized spacial score (nSPS) is 14.3. The summed E-state index contributed by atoms with van der Waals surface area (Å²) >= 11 is 0. The average Bonchev–Trinajstić information content (AvgIpc) is 2.73. The van der Waals surface area contributed by atoms with Crippen molar-refractivity contribution in [3.63, 3.8) is 0 Å². The molecule has 0 radical (unpaired) electrons. The molecule has 1 heterocycles. The van der Waals surface area contributed by atoms with Gasteiger partial charge in [0, 0.05) is 37.4 Å². The van der Waals surface area contributed by atoms with Gasteiger partial charge in [0.1, 0.15) is 5.75 Å². The molecule has 0 bridgehead atoms. The highest BCUT2D eigenvalue weighted by Gasteiger charge is 2.25. The molecule has 2 aromatic carbocycles. The van der Waals surface area contributed by atoms with Crippen molar-refractivity contribution in [3.8, 4) is 5.75 Å². The summed E-state index contributed by atoms with van der Waals surface area (Å²) in [6.45, 7) is 1.87. The molecule has 160 valence electrons. The quantitative estimate of drug-likeness (QED) is 0.749. The van der Waals surface area contributed by atoms with Crippen LogP contribution >= 0.6 is 0 Å². The van der Waals surface area contributed by atoms with Crippen LogP contribution < -0.4 is 9.46 Å². The summed E-state index contributed by atoms with van der Waals surface area (Å²) in [6.07, 6.45) is 1.38. The van der Waals surface area contributed by atoms with E-state index in [2.05, 4.69) is 4.72 Å². The fourth-order valence-corrected chi connectivity index (χ4v) is 3.83. The molecule has 0 aromatic heterocycles. The number of sulfonamides is 1. The lowest BCUT2D eigenvalue weighted by Gasteiger charge is -2.35. The molecule has 1 N–H and O–H groups in total. The van der Waals surface area contributed by atoms with Crippen molar-refractivity contribution in [2.45, 2.75) is 6.42 Å². The van der Waals surface area contributed by atoms with Gasteiger partial charge in [-0.25, -0.2) is 8.42 Å². The number of rotatable bonds is 6. The molecular weight excluding hydrogens is 406 g/mol. The molecule has 9 heteroatoms. The summed E-state index contributed by atoms with van der Waals surface area (Å²) < 4.78 is 30.0. The standard InChI is InChI=1S/C21H25N3O5S/c1-29-19-9-3-16(4-10-19)15-20(25)23-11-13-24(14-12-23)21(26)17-5-7-18(8-6-17)22-30(2,27)28/h3-10,22H,11-15H2,1-2H3. The minimum atomic E-state index is -3.36. The summed E-state index contributed by atoms with van der Waals surface area (Å²) in [4.78, 5) is 28.7. The number of ether oxygens (including phenoxy) is 1. The van der Waals surface area contributed by atoms with Crippen LogP contribution in [0.25, 0.3) is 0 Å². The summed E-state index contributed by atoms with van der Waals surface area (Å²) in [5.74, 6) is 0.644. The van der Waals surface area contributed by atoms with Gasteiger partial charge in [0.2, 0.25) is 15.9 Å². The molecule has 8 nitrogen and oxygen atoms in total. The van der Waals surface area contributed by atoms with E-state index in [4.69, 9.17) is 4.74 Å². The van der Waals surface area contributed by atoms with Gasteiger partial charge >= 0.3 is 0 Å². The lowest BCUT2D eigenvalue weighted by atomic mass is 10.1. The smallest absolute Gasteiger partial charge is 0.253 e. The van der Waals surface area contributed by atoms with Gasteiger partial charge in [0.05, 0.1) is 19.8 Å². The summed E-state index contributed by atoms with van der Waals surface area (Å²) in [5, 5.41) is 0. The van der Waals surface area contributed by atoms with Crippen molar-refractivity contribution in [2.24, 2.45) is 0 Å².